The number of carbonyl (C=O) groups is 3. The number of nitrogens with zero attached hydrogens (tertiary/aromatic N) is 3. The highest BCUT2D eigenvalue weighted by Gasteiger charge is 2.34. The number of aromatic amines is 1. The fourth-order valence-electron chi connectivity index (χ4n) is 6.41. The summed E-state index contributed by atoms with van der Waals surface area (Å²) in [7, 11) is 1.57. The molecule has 3 amide bonds. The molecule has 2 aromatic carbocycles. The average molecular weight is 740 g/mol. The Morgan fingerprint density at radius 3 is 2.58 bits per heavy atom. The lowest BCUT2D eigenvalue weighted by atomic mass is 10.00. The van der Waals surface area contributed by atoms with Gasteiger partial charge in [-0.25, -0.2) is 4.98 Å². The summed E-state index contributed by atoms with van der Waals surface area (Å²) < 4.78 is 0. The number of aromatic nitrogens is 3. The van der Waals surface area contributed by atoms with Crippen molar-refractivity contribution in [3.63, 3.8) is 0 Å². The molecule has 6 rings (SSSR count). The molecule has 0 aliphatic carbocycles. The Kier molecular flexibility index (Phi) is 12.2. The molecular formula is C38H42ClN9O3S. The number of likely N-dealkylation sites (N-methyl/N-ethyl adjacent to an activating group) is 1. The Bertz CT molecular complexity index is 2040. The van der Waals surface area contributed by atoms with Crippen LogP contribution in [0.15, 0.2) is 95.4 Å². The molecule has 0 fully saturated rings. The van der Waals surface area contributed by atoms with Crippen LogP contribution in [0.4, 0.5) is 0 Å². The molecule has 5 aromatic rings. The minimum Gasteiger partial charge on any atom is -0.361 e. The minimum absolute atomic E-state index is 0.0942. The van der Waals surface area contributed by atoms with E-state index >= 15 is 0 Å². The number of amides is 3. The highest BCUT2D eigenvalue weighted by atomic mass is 35.5. The maximum atomic E-state index is 14.4. The number of nitrogens with one attached hydrogen (secondary N) is 4. The fourth-order valence-corrected chi connectivity index (χ4v) is 7.75. The highest BCUT2D eigenvalue weighted by Crippen LogP contribution is 2.41. The number of hydrogen-bond acceptors (Lipinski definition) is 9. The van der Waals surface area contributed by atoms with Gasteiger partial charge in [0.1, 0.15) is 17.1 Å². The van der Waals surface area contributed by atoms with Crippen LogP contribution in [0, 0.1) is 0 Å². The van der Waals surface area contributed by atoms with E-state index in [2.05, 4.69) is 25.9 Å². The van der Waals surface area contributed by atoms with Gasteiger partial charge >= 0.3 is 0 Å². The van der Waals surface area contributed by atoms with Crippen molar-refractivity contribution in [2.75, 3.05) is 20.1 Å². The number of halogens is 1. The number of hydrogen-bond donors (Lipinski definition) is 6. The van der Waals surface area contributed by atoms with Crippen molar-refractivity contribution >= 4 is 52.0 Å². The normalized spacial score (nSPS) is 19.0. The van der Waals surface area contributed by atoms with Gasteiger partial charge in [0.15, 0.2) is 0 Å². The van der Waals surface area contributed by atoms with Crippen LogP contribution in [0.25, 0.3) is 22.0 Å². The summed E-state index contributed by atoms with van der Waals surface area (Å²) in [5.74, 6) is -1.26. The molecule has 3 atom stereocenters. The number of carbonyl (C=O) groups excluding carboxylic acids is 3. The largest absolute Gasteiger partial charge is 0.361 e. The Morgan fingerprint density at radius 2 is 1.79 bits per heavy atom. The minimum atomic E-state index is -1.07. The molecule has 0 radical (unpaired) electrons. The third-order valence-electron chi connectivity index (χ3n) is 9.28. The highest BCUT2D eigenvalue weighted by molar-refractivity contribution is 7.99. The van der Waals surface area contributed by atoms with E-state index in [4.69, 9.17) is 28.1 Å². The monoisotopic (exact) mass is 739 g/mol. The molecule has 8 N–H and O–H groups in total. The van der Waals surface area contributed by atoms with E-state index < -0.39 is 24.0 Å². The first-order valence-corrected chi connectivity index (χ1v) is 18.3. The van der Waals surface area contributed by atoms with Gasteiger partial charge in [0.05, 0.1) is 11.1 Å². The second-order valence-corrected chi connectivity index (χ2v) is 14.0. The predicted octanol–water partition coefficient (Wildman–Crippen LogP) is 3.77. The molecule has 1 aliphatic heterocycles. The first kappa shape index (κ1) is 37.0. The molecule has 0 unspecified atom stereocenters. The first-order chi connectivity index (χ1) is 25.3. The maximum Gasteiger partial charge on any atom is 0.246 e. The second-order valence-electron chi connectivity index (χ2n) is 12.6. The van der Waals surface area contributed by atoms with Crippen molar-refractivity contribution in [2.45, 2.75) is 60.4 Å². The molecular weight excluding hydrogens is 698 g/mol. The Hall–Kier alpha value is -4.79. The van der Waals surface area contributed by atoms with Gasteiger partial charge in [0.2, 0.25) is 17.7 Å². The van der Waals surface area contributed by atoms with Crippen LogP contribution in [0.2, 0.25) is 5.02 Å². The molecule has 0 saturated carbocycles. The quantitative estimate of drug-likeness (QED) is 0.145. The summed E-state index contributed by atoms with van der Waals surface area (Å²) in [6, 6.07) is 16.4. The van der Waals surface area contributed by atoms with Gasteiger partial charge in [-0.05, 0) is 65.9 Å². The standard InChI is InChI=1S/C38H42ClN9O3S/c1-48-33(17-25-21-44-30-10-3-2-9-27(25)30)36(50)46-22-28-26(23-7-5-15-42-19-23)12-13-29(39)34(28)52-37-24(8-6-16-43-37)20-45-31(11-4-14-40)35(49)47-32(18-41)38(48)51/h2-3,5-10,12-13,15-16,19,21,31-33,44-45H,4,11,14,17-18,20,22,40-41H2,1H3,(H,46,50)(H,47,49)/t31-,32-,33-/m0/s1. The van der Waals surface area contributed by atoms with E-state index in [0.29, 0.717) is 40.9 Å². The van der Waals surface area contributed by atoms with Gasteiger partial charge in [0.25, 0.3) is 0 Å². The van der Waals surface area contributed by atoms with Gasteiger partial charge < -0.3 is 37.3 Å². The molecule has 0 bridgehead atoms. The van der Waals surface area contributed by atoms with Gasteiger partial charge in [0, 0.05) is 79.3 Å². The van der Waals surface area contributed by atoms with Crippen LogP contribution in [0.3, 0.4) is 0 Å². The van der Waals surface area contributed by atoms with Crippen LogP contribution in [0.1, 0.15) is 29.5 Å². The van der Waals surface area contributed by atoms with Crippen molar-refractivity contribution in [2.24, 2.45) is 11.5 Å². The van der Waals surface area contributed by atoms with Gasteiger partial charge in [-0.2, -0.15) is 0 Å². The topological polar surface area (TPSA) is 184 Å². The molecule has 0 saturated heterocycles. The summed E-state index contributed by atoms with van der Waals surface area (Å²) in [4.78, 5) is 56.7. The van der Waals surface area contributed by atoms with Crippen molar-refractivity contribution in [3.8, 4) is 11.1 Å². The van der Waals surface area contributed by atoms with Crippen molar-refractivity contribution < 1.29 is 14.4 Å². The zero-order valence-corrected chi connectivity index (χ0v) is 30.3. The van der Waals surface area contributed by atoms with Crippen LogP contribution in [-0.4, -0.2) is 75.8 Å². The van der Waals surface area contributed by atoms with Crippen molar-refractivity contribution in [1.29, 1.82) is 0 Å². The van der Waals surface area contributed by atoms with Gasteiger partial charge in [-0.15, -0.1) is 0 Å². The van der Waals surface area contributed by atoms with E-state index in [1.165, 1.54) is 16.7 Å². The fraction of sp³-hybridized carbons (Fsp3) is 0.289. The SMILES string of the molecule is CN1C(=O)[C@H](CN)NC(=O)[C@H](CCCN)NCc2cccnc2Sc2c(Cl)ccc(-c3cccnc3)c2CNC(=O)[C@@H]1Cc1c[nH]c2ccccc12. The van der Waals surface area contributed by atoms with Crippen molar-refractivity contribution in [1.82, 2.24) is 35.8 Å². The Morgan fingerprint density at radius 1 is 0.962 bits per heavy atom. The van der Waals surface area contributed by atoms with Gasteiger partial charge in [-0.1, -0.05) is 59.8 Å². The number of pyridine rings is 2. The Balaban J connectivity index is 1.46. The molecule has 12 nitrogen and oxygen atoms in total. The van der Waals surface area contributed by atoms with Crippen LogP contribution in [0.5, 0.6) is 0 Å². The maximum absolute atomic E-state index is 14.4. The summed E-state index contributed by atoms with van der Waals surface area (Å²) in [5.41, 5.74) is 17.0. The molecule has 270 valence electrons. The third kappa shape index (κ3) is 8.30. The molecule has 0 spiro atoms. The Labute approximate surface area is 311 Å². The summed E-state index contributed by atoms with van der Waals surface area (Å²) in [6.45, 7) is 0.625. The zero-order valence-electron chi connectivity index (χ0n) is 28.8. The second kappa shape index (κ2) is 17.2. The van der Waals surface area contributed by atoms with Crippen LogP contribution >= 0.6 is 23.4 Å². The molecule has 4 heterocycles. The number of rotatable bonds is 7. The zero-order chi connectivity index (χ0) is 36.6. The van der Waals surface area contributed by atoms with Crippen LogP contribution in [-0.2, 0) is 33.9 Å². The lowest BCUT2D eigenvalue weighted by Crippen LogP contribution is -2.59. The summed E-state index contributed by atoms with van der Waals surface area (Å²) >= 11 is 8.34. The lowest BCUT2D eigenvalue weighted by molar-refractivity contribution is -0.141. The summed E-state index contributed by atoms with van der Waals surface area (Å²) in [6.07, 6.45) is 8.23. The average Bonchev–Trinajstić information content (AvgIpc) is 3.58. The number of para-hydroxylation sites is 1. The smallest absolute Gasteiger partial charge is 0.246 e. The van der Waals surface area contributed by atoms with E-state index in [1.54, 1.807) is 25.6 Å². The lowest BCUT2D eigenvalue weighted by Gasteiger charge is -2.31. The first-order valence-electron chi connectivity index (χ1n) is 17.2. The molecule has 1 aliphatic rings. The molecule has 14 heteroatoms. The van der Waals surface area contributed by atoms with E-state index in [-0.39, 0.29) is 31.3 Å². The molecule has 52 heavy (non-hydrogen) atoms. The predicted molar refractivity (Wildman–Crippen MR) is 203 cm³/mol. The van der Waals surface area contributed by atoms with Crippen LogP contribution < -0.4 is 27.4 Å². The van der Waals surface area contributed by atoms with Crippen molar-refractivity contribution in [3.05, 3.63) is 107 Å². The number of benzene rings is 2. The number of fused-ring (bicyclic) bond motifs is 3. The number of nitrogens with two attached hydrogens (primary N) is 2. The summed E-state index contributed by atoms with van der Waals surface area (Å²) in [5, 5.41) is 11.5. The van der Waals surface area contributed by atoms with E-state index in [1.807, 2.05) is 66.9 Å². The number of H-pyrrole nitrogens is 1. The van der Waals surface area contributed by atoms with E-state index in [9.17, 15) is 14.4 Å². The van der Waals surface area contributed by atoms with Gasteiger partial charge in [-0.3, -0.25) is 19.4 Å². The van der Waals surface area contributed by atoms with E-state index in [0.717, 1.165) is 38.7 Å². The third-order valence-corrected chi connectivity index (χ3v) is 10.9. The molecule has 3 aromatic heterocycles.